The van der Waals surface area contributed by atoms with E-state index in [-0.39, 0.29) is 16.7 Å². The van der Waals surface area contributed by atoms with E-state index >= 15 is 0 Å². The molecule has 0 aromatic heterocycles. The quantitative estimate of drug-likeness (QED) is 0.301. The summed E-state index contributed by atoms with van der Waals surface area (Å²) in [5, 5.41) is 51.0. The lowest BCUT2D eigenvalue weighted by Gasteiger charge is -2.60. The smallest absolute Gasteiger partial charge is 0.317 e. The van der Waals surface area contributed by atoms with Crippen LogP contribution in [-0.4, -0.2) is 74.9 Å². The maximum atomic E-state index is 13.6. The van der Waals surface area contributed by atoms with Gasteiger partial charge in [-0.15, -0.1) is 6.58 Å². The van der Waals surface area contributed by atoms with E-state index in [0.717, 1.165) is 25.7 Å². The van der Waals surface area contributed by atoms with Crippen molar-refractivity contribution >= 4 is 5.97 Å². The lowest BCUT2D eigenvalue weighted by atomic mass is 9.45. The number of carbonyl (C=O) groups excluding carboxylic acids is 1. The van der Waals surface area contributed by atoms with Gasteiger partial charge in [0.2, 0.25) is 6.29 Å². The van der Waals surface area contributed by atoms with Crippen LogP contribution in [0.25, 0.3) is 0 Å². The second-order valence-electron chi connectivity index (χ2n) is 11.6. The average Bonchev–Trinajstić information content (AvgIpc) is 2.81. The fourth-order valence-electron chi connectivity index (χ4n) is 7.19. The molecule has 0 radical (unpaired) electrons. The third-order valence-electron chi connectivity index (χ3n) is 9.64. The van der Waals surface area contributed by atoms with Crippen LogP contribution in [0.5, 0.6) is 0 Å². The molecule has 6 unspecified atom stereocenters. The topological polar surface area (TPSA) is 137 Å². The van der Waals surface area contributed by atoms with Crippen molar-refractivity contribution in [3.63, 3.8) is 0 Å². The van der Waals surface area contributed by atoms with Gasteiger partial charge >= 0.3 is 5.97 Å². The zero-order valence-corrected chi connectivity index (χ0v) is 20.4. The number of aliphatic hydroxyl groups excluding tert-OH is 5. The molecule has 0 aromatic rings. The molecule has 0 bridgehead atoms. The predicted molar refractivity (Wildman–Crippen MR) is 123 cm³/mol. The van der Waals surface area contributed by atoms with Crippen molar-refractivity contribution in [2.75, 3.05) is 6.61 Å². The first kappa shape index (κ1) is 25.8. The summed E-state index contributed by atoms with van der Waals surface area (Å²) in [4.78, 5) is 13.6. The molecule has 0 aromatic carbocycles. The predicted octanol–water partition coefficient (Wildman–Crippen LogP) is 1.44. The number of hydrogen-bond acceptors (Lipinski definition) is 8. The fourth-order valence-corrected chi connectivity index (χ4v) is 7.19. The van der Waals surface area contributed by atoms with E-state index < -0.39 is 54.8 Å². The highest BCUT2D eigenvalue weighted by molar-refractivity contribution is 5.78. The molecule has 4 aliphatic rings. The Morgan fingerprint density at radius 3 is 2.50 bits per heavy atom. The third-order valence-corrected chi connectivity index (χ3v) is 9.64. The van der Waals surface area contributed by atoms with Gasteiger partial charge in [0.15, 0.2) is 0 Å². The zero-order valence-electron chi connectivity index (χ0n) is 20.4. The van der Waals surface area contributed by atoms with Gasteiger partial charge in [-0.1, -0.05) is 31.6 Å². The molecule has 1 saturated heterocycles. The Bertz CT molecular complexity index is 841. The van der Waals surface area contributed by atoms with E-state index in [4.69, 9.17) is 9.47 Å². The van der Waals surface area contributed by atoms with Crippen LogP contribution in [0.2, 0.25) is 0 Å². The van der Waals surface area contributed by atoms with Gasteiger partial charge in [-0.3, -0.25) is 4.79 Å². The molecule has 1 heterocycles. The highest BCUT2D eigenvalue weighted by Gasteiger charge is 2.62. The van der Waals surface area contributed by atoms with Gasteiger partial charge in [-0.2, -0.15) is 0 Å². The molecule has 4 rings (SSSR count). The van der Waals surface area contributed by atoms with E-state index in [2.05, 4.69) is 26.5 Å². The number of esters is 1. The van der Waals surface area contributed by atoms with Crippen LogP contribution < -0.4 is 0 Å². The van der Waals surface area contributed by atoms with Crippen LogP contribution in [0.15, 0.2) is 24.3 Å². The van der Waals surface area contributed by atoms with Crippen molar-refractivity contribution in [2.24, 2.45) is 28.1 Å². The standard InChI is InChI=1S/C26H40O8/c1-5-24(2)10-8-15-14(12-24)6-7-17-25(15,3)11-9-18(28)26(17,4)23(32)34-22-21(31)20(30)19(29)16(13-27)33-22/h5-6,15-22,27-31H,1,7-13H2,2-4H3/t15-,16?,17?,18-,19?,20?,21?,22?,24-,25+,26+/m0/s1. The Hall–Kier alpha value is -1.29. The van der Waals surface area contributed by atoms with Crippen molar-refractivity contribution in [3.05, 3.63) is 24.3 Å². The van der Waals surface area contributed by atoms with Crippen molar-refractivity contribution < 1.29 is 39.8 Å². The Morgan fingerprint density at radius 1 is 1.15 bits per heavy atom. The van der Waals surface area contributed by atoms with E-state index in [1.807, 2.05) is 6.08 Å². The first-order chi connectivity index (χ1) is 15.9. The number of aliphatic hydroxyl groups is 5. The van der Waals surface area contributed by atoms with Gasteiger partial charge in [0, 0.05) is 0 Å². The van der Waals surface area contributed by atoms with Crippen LogP contribution in [0, 0.1) is 28.1 Å². The van der Waals surface area contributed by atoms with Gasteiger partial charge in [-0.25, -0.2) is 0 Å². The number of carbonyl (C=O) groups is 1. The number of rotatable bonds is 4. The molecule has 5 N–H and O–H groups in total. The Morgan fingerprint density at radius 2 is 1.85 bits per heavy atom. The lowest BCUT2D eigenvalue weighted by Crippen LogP contribution is -2.63. The van der Waals surface area contributed by atoms with Crippen LogP contribution in [0.4, 0.5) is 0 Å². The third kappa shape index (κ3) is 3.87. The molecular weight excluding hydrogens is 440 g/mol. The van der Waals surface area contributed by atoms with E-state index in [9.17, 15) is 30.3 Å². The van der Waals surface area contributed by atoms with Gasteiger partial charge in [0.1, 0.15) is 24.4 Å². The van der Waals surface area contributed by atoms with Crippen LogP contribution in [0.1, 0.15) is 59.3 Å². The maximum absolute atomic E-state index is 13.6. The maximum Gasteiger partial charge on any atom is 0.317 e. The molecule has 0 spiro atoms. The highest BCUT2D eigenvalue weighted by atomic mass is 16.7. The number of ether oxygens (including phenoxy) is 2. The second-order valence-corrected chi connectivity index (χ2v) is 11.6. The molecule has 8 heteroatoms. The Kier molecular flexibility index (Phi) is 6.81. The van der Waals surface area contributed by atoms with E-state index in [0.29, 0.717) is 18.8 Å². The first-order valence-corrected chi connectivity index (χ1v) is 12.4. The lowest BCUT2D eigenvalue weighted by molar-refractivity contribution is -0.299. The molecule has 192 valence electrons. The first-order valence-electron chi connectivity index (χ1n) is 12.4. The largest absolute Gasteiger partial charge is 0.432 e. The second kappa shape index (κ2) is 8.98. The van der Waals surface area contributed by atoms with E-state index in [1.165, 1.54) is 5.57 Å². The molecule has 3 aliphatic carbocycles. The normalized spacial score (nSPS) is 51.0. The van der Waals surface area contributed by atoms with Gasteiger partial charge < -0.3 is 35.0 Å². The summed E-state index contributed by atoms with van der Waals surface area (Å²) in [7, 11) is 0. The summed E-state index contributed by atoms with van der Waals surface area (Å²) in [5.41, 5.74) is 0.0426. The zero-order chi connectivity index (χ0) is 25.1. The van der Waals surface area contributed by atoms with Gasteiger partial charge in [-0.05, 0) is 68.1 Å². The molecule has 2 saturated carbocycles. The van der Waals surface area contributed by atoms with Crippen LogP contribution >= 0.6 is 0 Å². The van der Waals surface area contributed by atoms with Crippen molar-refractivity contribution in [1.82, 2.24) is 0 Å². The molecule has 8 nitrogen and oxygen atoms in total. The summed E-state index contributed by atoms with van der Waals surface area (Å²) < 4.78 is 11.0. The summed E-state index contributed by atoms with van der Waals surface area (Å²) in [5.74, 6) is -0.571. The number of allylic oxidation sites excluding steroid dienone is 3. The SMILES string of the molecule is C=C[C@@]1(C)CC[C@H]2C(=CCC3[C@]2(C)CC[C@H](O)[C@]3(C)C(=O)OC2OC(CO)C(O)C(O)C2O)C1. The number of hydrogen-bond donors (Lipinski definition) is 5. The molecule has 1 aliphatic heterocycles. The molecule has 34 heavy (non-hydrogen) atoms. The fraction of sp³-hybridized carbons (Fsp3) is 0.808. The average molecular weight is 481 g/mol. The van der Waals surface area contributed by atoms with Gasteiger partial charge in [0.05, 0.1) is 18.1 Å². The monoisotopic (exact) mass is 480 g/mol. The minimum absolute atomic E-state index is 0.0745. The van der Waals surface area contributed by atoms with E-state index in [1.54, 1.807) is 6.92 Å². The van der Waals surface area contributed by atoms with Gasteiger partial charge in [0.25, 0.3) is 0 Å². The van der Waals surface area contributed by atoms with Crippen LogP contribution in [0.3, 0.4) is 0 Å². The van der Waals surface area contributed by atoms with Crippen molar-refractivity contribution in [1.29, 1.82) is 0 Å². The van der Waals surface area contributed by atoms with Crippen molar-refractivity contribution in [3.8, 4) is 0 Å². The van der Waals surface area contributed by atoms with Crippen LogP contribution in [-0.2, 0) is 14.3 Å². The summed E-state index contributed by atoms with van der Waals surface area (Å²) in [6.07, 6.45) is 0.624. The summed E-state index contributed by atoms with van der Waals surface area (Å²) in [6, 6.07) is 0. The minimum atomic E-state index is -1.68. The Balaban J connectivity index is 1.60. The molecule has 3 fully saturated rings. The number of fused-ring (bicyclic) bond motifs is 3. The Labute approximate surface area is 201 Å². The summed E-state index contributed by atoms with van der Waals surface area (Å²) >= 11 is 0. The molecular formula is C26H40O8. The molecule has 0 amide bonds. The highest BCUT2D eigenvalue weighted by Crippen LogP contribution is 2.64. The minimum Gasteiger partial charge on any atom is -0.432 e. The molecule has 11 atom stereocenters. The van der Waals surface area contributed by atoms with Crippen molar-refractivity contribution in [2.45, 2.75) is 96.1 Å². The summed E-state index contributed by atoms with van der Waals surface area (Å²) in [6.45, 7) is 9.59.